The van der Waals surface area contributed by atoms with Crippen LogP contribution in [0.2, 0.25) is 0 Å². The number of aliphatic hydroxyl groups is 1. The molecular weight excluding hydrogens is 224 g/mol. The third kappa shape index (κ3) is 3.02. The van der Waals surface area contributed by atoms with Crippen molar-refractivity contribution in [2.45, 2.75) is 38.1 Å². The molecule has 1 N–H and O–H groups in total. The van der Waals surface area contributed by atoms with E-state index in [9.17, 15) is 5.11 Å². The standard InChI is InChI=1S/C15H20N2O/c16-12-13-5-4-8-15(11-13)17(9-10-18)14-6-2-1-3-7-14/h4-5,8,11,14,18H,1-3,6-7,9-10H2. The van der Waals surface area contributed by atoms with Crippen LogP contribution in [0, 0.1) is 11.3 Å². The van der Waals surface area contributed by atoms with Crippen molar-refractivity contribution in [2.24, 2.45) is 0 Å². The molecule has 18 heavy (non-hydrogen) atoms. The largest absolute Gasteiger partial charge is 0.395 e. The van der Waals surface area contributed by atoms with Gasteiger partial charge in [0.2, 0.25) is 0 Å². The minimum Gasteiger partial charge on any atom is -0.395 e. The first-order valence-electron chi connectivity index (χ1n) is 6.73. The molecular formula is C15H20N2O. The molecule has 0 saturated heterocycles. The van der Waals surface area contributed by atoms with Gasteiger partial charge in [0.25, 0.3) is 0 Å². The smallest absolute Gasteiger partial charge is 0.0992 e. The first-order chi connectivity index (χ1) is 8.85. The van der Waals surface area contributed by atoms with E-state index >= 15 is 0 Å². The first-order valence-corrected chi connectivity index (χ1v) is 6.73. The summed E-state index contributed by atoms with van der Waals surface area (Å²) in [4.78, 5) is 2.26. The molecule has 1 aliphatic carbocycles. The number of hydrogen-bond acceptors (Lipinski definition) is 3. The number of rotatable bonds is 4. The van der Waals surface area contributed by atoms with Gasteiger partial charge in [0.05, 0.1) is 18.2 Å². The van der Waals surface area contributed by atoms with Crippen molar-refractivity contribution >= 4 is 5.69 Å². The van der Waals surface area contributed by atoms with E-state index in [1.165, 1.54) is 32.1 Å². The van der Waals surface area contributed by atoms with Crippen LogP contribution in [0.3, 0.4) is 0 Å². The Labute approximate surface area is 109 Å². The summed E-state index contributed by atoms with van der Waals surface area (Å²) < 4.78 is 0. The molecule has 0 atom stereocenters. The fourth-order valence-corrected chi connectivity index (χ4v) is 2.78. The van der Waals surface area contributed by atoms with Gasteiger partial charge in [0.1, 0.15) is 0 Å². The van der Waals surface area contributed by atoms with Crippen molar-refractivity contribution in [3.63, 3.8) is 0 Å². The van der Waals surface area contributed by atoms with E-state index < -0.39 is 0 Å². The highest BCUT2D eigenvalue weighted by molar-refractivity contribution is 5.52. The van der Waals surface area contributed by atoms with E-state index in [1.54, 1.807) is 0 Å². The zero-order valence-corrected chi connectivity index (χ0v) is 10.7. The predicted molar refractivity (Wildman–Crippen MR) is 72.5 cm³/mol. The van der Waals surface area contributed by atoms with Crippen LogP contribution >= 0.6 is 0 Å². The Balaban J connectivity index is 2.19. The Morgan fingerprint density at radius 3 is 2.72 bits per heavy atom. The molecule has 0 aliphatic heterocycles. The van der Waals surface area contributed by atoms with Crippen molar-refractivity contribution < 1.29 is 5.11 Å². The van der Waals surface area contributed by atoms with Crippen LogP contribution < -0.4 is 4.90 Å². The lowest BCUT2D eigenvalue weighted by molar-refractivity contribution is 0.290. The Morgan fingerprint density at radius 2 is 2.06 bits per heavy atom. The van der Waals surface area contributed by atoms with Crippen LogP contribution in [-0.4, -0.2) is 24.3 Å². The number of nitriles is 1. The molecule has 1 fully saturated rings. The molecule has 0 amide bonds. The van der Waals surface area contributed by atoms with Crippen LogP contribution in [0.4, 0.5) is 5.69 Å². The normalized spacial score (nSPS) is 16.2. The number of nitrogens with zero attached hydrogens (tertiary/aromatic N) is 2. The van der Waals surface area contributed by atoms with E-state index in [2.05, 4.69) is 11.0 Å². The minimum atomic E-state index is 0.160. The lowest BCUT2D eigenvalue weighted by Gasteiger charge is -2.35. The summed E-state index contributed by atoms with van der Waals surface area (Å²) in [6, 6.07) is 10.4. The van der Waals surface area contributed by atoms with Gasteiger partial charge >= 0.3 is 0 Å². The topological polar surface area (TPSA) is 47.3 Å². The third-order valence-electron chi connectivity index (χ3n) is 3.66. The van der Waals surface area contributed by atoms with Gasteiger partial charge in [0.15, 0.2) is 0 Å². The van der Waals surface area contributed by atoms with Crippen molar-refractivity contribution in [1.82, 2.24) is 0 Å². The molecule has 0 bridgehead atoms. The summed E-state index contributed by atoms with van der Waals surface area (Å²) in [5, 5.41) is 18.2. The summed E-state index contributed by atoms with van der Waals surface area (Å²) in [5.41, 5.74) is 1.75. The Hall–Kier alpha value is -1.53. The third-order valence-corrected chi connectivity index (χ3v) is 3.66. The zero-order chi connectivity index (χ0) is 12.8. The van der Waals surface area contributed by atoms with Crippen molar-refractivity contribution in [1.29, 1.82) is 5.26 Å². The number of hydrogen-bond donors (Lipinski definition) is 1. The SMILES string of the molecule is N#Cc1cccc(N(CCO)C2CCCCC2)c1. The highest BCUT2D eigenvalue weighted by Gasteiger charge is 2.21. The molecule has 96 valence electrons. The van der Waals surface area contributed by atoms with Gasteiger partial charge in [-0.1, -0.05) is 25.3 Å². The molecule has 1 saturated carbocycles. The monoisotopic (exact) mass is 244 g/mol. The maximum atomic E-state index is 9.25. The molecule has 0 spiro atoms. The van der Waals surface area contributed by atoms with Crippen molar-refractivity contribution in [3.05, 3.63) is 29.8 Å². The highest BCUT2D eigenvalue weighted by Crippen LogP contribution is 2.27. The maximum absolute atomic E-state index is 9.25. The number of benzene rings is 1. The van der Waals surface area contributed by atoms with Crippen LogP contribution in [0.1, 0.15) is 37.7 Å². The van der Waals surface area contributed by atoms with Gasteiger partial charge in [-0.2, -0.15) is 5.26 Å². The zero-order valence-electron chi connectivity index (χ0n) is 10.7. The van der Waals surface area contributed by atoms with Gasteiger partial charge < -0.3 is 10.0 Å². The van der Waals surface area contributed by atoms with Crippen molar-refractivity contribution in [3.8, 4) is 6.07 Å². The lowest BCUT2D eigenvalue weighted by atomic mass is 9.93. The first kappa shape index (κ1) is 12.9. The van der Waals surface area contributed by atoms with Crippen LogP contribution in [0.15, 0.2) is 24.3 Å². The Morgan fingerprint density at radius 1 is 1.28 bits per heavy atom. The number of aliphatic hydroxyl groups excluding tert-OH is 1. The highest BCUT2D eigenvalue weighted by atomic mass is 16.3. The predicted octanol–water partition coefficient (Wildman–Crippen LogP) is 2.69. The molecule has 0 unspecified atom stereocenters. The summed E-state index contributed by atoms with van der Waals surface area (Å²) in [7, 11) is 0. The molecule has 2 rings (SSSR count). The average molecular weight is 244 g/mol. The second kappa shape index (κ2) is 6.42. The van der Waals surface area contributed by atoms with Crippen LogP contribution in [0.25, 0.3) is 0 Å². The fraction of sp³-hybridized carbons (Fsp3) is 0.533. The quantitative estimate of drug-likeness (QED) is 0.885. The van der Waals surface area contributed by atoms with E-state index in [4.69, 9.17) is 5.26 Å². The molecule has 3 heteroatoms. The summed E-state index contributed by atoms with van der Waals surface area (Å²) >= 11 is 0. The van der Waals surface area contributed by atoms with Crippen LogP contribution in [-0.2, 0) is 0 Å². The van der Waals surface area contributed by atoms with Gasteiger partial charge in [-0.3, -0.25) is 0 Å². The molecule has 1 aromatic rings. The average Bonchev–Trinajstić information content (AvgIpc) is 2.46. The summed E-state index contributed by atoms with van der Waals surface area (Å²) in [6.45, 7) is 0.812. The van der Waals surface area contributed by atoms with Crippen molar-refractivity contribution in [2.75, 3.05) is 18.1 Å². The Kier molecular flexibility index (Phi) is 4.60. The molecule has 1 aromatic carbocycles. The second-order valence-corrected chi connectivity index (χ2v) is 4.87. The van der Waals surface area contributed by atoms with E-state index in [0.29, 0.717) is 18.2 Å². The lowest BCUT2D eigenvalue weighted by Crippen LogP contribution is -2.38. The summed E-state index contributed by atoms with van der Waals surface area (Å²) in [6.07, 6.45) is 6.24. The summed E-state index contributed by atoms with van der Waals surface area (Å²) in [5.74, 6) is 0. The van der Waals surface area contributed by atoms with Gasteiger partial charge in [-0.15, -0.1) is 0 Å². The van der Waals surface area contributed by atoms with E-state index in [-0.39, 0.29) is 6.61 Å². The molecule has 0 heterocycles. The second-order valence-electron chi connectivity index (χ2n) is 4.87. The number of anilines is 1. The van der Waals surface area contributed by atoms with Gasteiger partial charge in [-0.05, 0) is 31.0 Å². The fourth-order valence-electron chi connectivity index (χ4n) is 2.78. The molecule has 0 radical (unpaired) electrons. The maximum Gasteiger partial charge on any atom is 0.0992 e. The van der Waals surface area contributed by atoms with E-state index in [0.717, 1.165) is 5.69 Å². The molecule has 0 aromatic heterocycles. The minimum absolute atomic E-state index is 0.160. The van der Waals surface area contributed by atoms with E-state index in [1.807, 2.05) is 24.3 Å². The Bertz CT molecular complexity index is 419. The van der Waals surface area contributed by atoms with Gasteiger partial charge in [0, 0.05) is 18.3 Å². The van der Waals surface area contributed by atoms with Gasteiger partial charge in [-0.25, -0.2) is 0 Å². The van der Waals surface area contributed by atoms with Crippen LogP contribution in [0.5, 0.6) is 0 Å². The molecule has 3 nitrogen and oxygen atoms in total. The molecule has 1 aliphatic rings.